The molecule has 1 aromatic heterocycles. The first-order valence-electron chi connectivity index (χ1n) is 5.95. The number of nitrogens with two attached hydrogens (primary N) is 1. The van der Waals surface area contributed by atoms with Crippen molar-refractivity contribution in [2.75, 3.05) is 12.3 Å². The van der Waals surface area contributed by atoms with Gasteiger partial charge in [0.1, 0.15) is 0 Å². The van der Waals surface area contributed by atoms with E-state index in [0.717, 1.165) is 0 Å². The number of amides is 2. The summed E-state index contributed by atoms with van der Waals surface area (Å²) in [4.78, 5) is 27.3. The summed E-state index contributed by atoms with van der Waals surface area (Å²) in [6.07, 6.45) is 0. The van der Waals surface area contributed by atoms with E-state index in [1.807, 2.05) is 6.07 Å². The van der Waals surface area contributed by atoms with E-state index >= 15 is 0 Å². The molecule has 0 fully saturated rings. The molecule has 0 saturated carbocycles. The Labute approximate surface area is 120 Å². The maximum atomic E-state index is 11.7. The number of hydrogen-bond acceptors (Lipinski definition) is 5. The number of benzene rings is 1. The lowest BCUT2D eigenvalue weighted by Crippen LogP contribution is -2.36. The molecule has 2 aromatic rings. The van der Waals surface area contributed by atoms with Gasteiger partial charge in [0, 0.05) is 10.9 Å². The smallest absolute Gasteiger partial charge is 0.251 e. The van der Waals surface area contributed by atoms with E-state index in [9.17, 15) is 9.59 Å². The summed E-state index contributed by atoms with van der Waals surface area (Å²) < 4.78 is 0. The number of aromatic nitrogens is 1. The van der Waals surface area contributed by atoms with Gasteiger partial charge in [-0.15, -0.1) is 11.3 Å². The second-order valence-electron chi connectivity index (χ2n) is 4.00. The molecular formula is C13H14N4O2S. The van der Waals surface area contributed by atoms with Crippen molar-refractivity contribution in [1.29, 1.82) is 0 Å². The van der Waals surface area contributed by atoms with Gasteiger partial charge in [-0.1, -0.05) is 18.2 Å². The molecule has 6 nitrogen and oxygen atoms in total. The van der Waals surface area contributed by atoms with Crippen molar-refractivity contribution in [2.45, 2.75) is 6.54 Å². The number of thiazole rings is 1. The Morgan fingerprint density at radius 2 is 1.95 bits per heavy atom. The number of nitrogens with zero attached hydrogens (tertiary/aromatic N) is 1. The van der Waals surface area contributed by atoms with Gasteiger partial charge >= 0.3 is 0 Å². The summed E-state index contributed by atoms with van der Waals surface area (Å²) in [7, 11) is 0. The van der Waals surface area contributed by atoms with Crippen LogP contribution in [0, 0.1) is 0 Å². The SMILES string of the molecule is Nc1nc(CNC(=O)CNC(=O)c2ccccc2)cs1. The van der Waals surface area contributed by atoms with Crippen LogP contribution in [0.4, 0.5) is 5.13 Å². The zero-order valence-electron chi connectivity index (χ0n) is 10.6. The number of rotatable bonds is 5. The van der Waals surface area contributed by atoms with Crippen molar-refractivity contribution in [3.8, 4) is 0 Å². The second kappa shape index (κ2) is 6.67. The van der Waals surface area contributed by atoms with Gasteiger partial charge in [-0.2, -0.15) is 0 Å². The monoisotopic (exact) mass is 290 g/mol. The minimum atomic E-state index is -0.279. The summed E-state index contributed by atoms with van der Waals surface area (Å²) in [5.41, 5.74) is 6.71. The third-order valence-electron chi connectivity index (χ3n) is 2.48. The Kier molecular flexibility index (Phi) is 4.67. The van der Waals surface area contributed by atoms with Crippen LogP contribution < -0.4 is 16.4 Å². The molecule has 2 rings (SSSR count). The fourth-order valence-corrected chi connectivity index (χ4v) is 2.07. The van der Waals surface area contributed by atoms with Crippen LogP contribution in [0.5, 0.6) is 0 Å². The van der Waals surface area contributed by atoms with Gasteiger partial charge in [0.15, 0.2) is 5.13 Å². The van der Waals surface area contributed by atoms with Gasteiger partial charge in [-0.3, -0.25) is 9.59 Å². The van der Waals surface area contributed by atoms with Crippen LogP contribution >= 0.6 is 11.3 Å². The molecule has 1 aromatic carbocycles. The van der Waals surface area contributed by atoms with Crippen molar-refractivity contribution >= 4 is 28.3 Å². The van der Waals surface area contributed by atoms with Crippen LogP contribution in [0.15, 0.2) is 35.7 Å². The van der Waals surface area contributed by atoms with Crippen molar-refractivity contribution in [1.82, 2.24) is 15.6 Å². The zero-order valence-corrected chi connectivity index (χ0v) is 11.4. The van der Waals surface area contributed by atoms with Gasteiger partial charge in [-0.25, -0.2) is 4.98 Å². The molecule has 7 heteroatoms. The third kappa shape index (κ3) is 4.06. The van der Waals surface area contributed by atoms with Gasteiger partial charge < -0.3 is 16.4 Å². The lowest BCUT2D eigenvalue weighted by atomic mass is 10.2. The van der Waals surface area contributed by atoms with E-state index in [-0.39, 0.29) is 18.4 Å². The molecule has 0 bridgehead atoms. The average Bonchev–Trinajstić information content (AvgIpc) is 2.89. The molecular weight excluding hydrogens is 276 g/mol. The van der Waals surface area contributed by atoms with Gasteiger partial charge in [0.25, 0.3) is 5.91 Å². The van der Waals surface area contributed by atoms with Crippen LogP contribution in [0.2, 0.25) is 0 Å². The van der Waals surface area contributed by atoms with Crippen LogP contribution in [0.3, 0.4) is 0 Å². The number of hydrogen-bond donors (Lipinski definition) is 3. The Bertz CT molecular complexity index is 597. The predicted molar refractivity (Wildman–Crippen MR) is 77.1 cm³/mol. The zero-order chi connectivity index (χ0) is 14.4. The van der Waals surface area contributed by atoms with Crippen molar-refractivity contribution < 1.29 is 9.59 Å². The van der Waals surface area contributed by atoms with Crippen molar-refractivity contribution in [3.05, 3.63) is 47.0 Å². The minimum absolute atomic E-state index is 0.0760. The summed E-state index contributed by atoms with van der Waals surface area (Å²) in [6, 6.07) is 8.73. The minimum Gasteiger partial charge on any atom is -0.375 e. The first-order chi connectivity index (χ1) is 9.65. The maximum Gasteiger partial charge on any atom is 0.251 e. The van der Waals surface area contributed by atoms with Gasteiger partial charge in [-0.05, 0) is 12.1 Å². The Morgan fingerprint density at radius 3 is 2.60 bits per heavy atom. The normalized spacial score (nSPS) is 10.0. The van der Waals surface area contributed by atoms with E-state index < -0.39 is 0 Å². The highest BCUT2D eigenvalue weighted by Crippen LogP contribution is 2.10. The Balaban J connectivity index is 1.74. The first kappa shape index (κ1) is 14.0. The molecule has 20 heavy (non-hydrogen) atoms. The van der Waals surface area contributed by atoms with Gasteiger partial charge in [0.2, 0.25) is 5.91 Å². The fourth-order valence-electron chi connectivity index (χ4n) is 1.51. The molecule has 4 N–H and O–H groups in total. The van der Waals surface area contributed by atoms with Crippen molar-refractivity contribution in [2.24, 2.45) is 0 Å². The molecule has 0 saturated heterocycles. The quantitative estimate of drug-likeness (QED) is 0.757. The highest BCUT2D eigenvalue weighted by molar-refractivity contribution is 7.13. The Hall–Kier alpha value is -2.41. The van der Waals surface area contributed by atoms with Crippen LogP contribution in [-0.2, 0) is 11.3 Å². The molecule has 0 aliphatic rings. The molecule has 2 amide bonds. The second-order valence-corrected chi connectivity index (χ2v) is 4.89. The molecule has 0 unspecified atom stereocenters. The summed E-state index contributed by atoms with van der Waals surface area (Å²) in [6.45, 7) is 0.223. The van der Waals surface area contributed by atoms with E-state index in [1.165, 1.54) is 11.3 Å². The average molecular weight is 290 g/mol. The molecule has 0 atom stereocenters. The molecule has 0 spiro atoms. The van der Waals surface area contributed by atoms with E-state index in [4.69, 9.17) is 5.73 Å². The third-order valence-corrected chi connectivity index (χ3v) is 3.20. The molecule has 1 heterocycles. The number of carbonyl (C=O) groups is 2. The van der Waals surface area contributed by atoms with E-state index in [2.05, 4.69) is 15.6 Å². The number of nitrogen functional groups attached to an aromatic ring is 1. The topological polar surface area (TPSA) is 97.1 Å². The maximum absolute atomic E-state index is 11.7. The molecule has 104 valence electrons. The summed E-state index contributed by atoms with van der Waals surface area (Å²) in [5, 5.41) is 7.44. The fraction of sp³-hybridized carbons (Fsp3) is 0.154. The highest BCUT2D eigenvalue weighted by atomic mass is 32.1. The van der Waals surface area contributed by atoms with Crippen molar-refractivity contribution in [3.63, 3.8) is 0 Å². The summed E-state index contributed by atoms with van der Waals surface area (Å²) >= 11 is 1.32. The first-order valence-corrected chi connectivity index (χ1v) is 6.83. The van der Waals surface area contributed by atoms with E-state index in [0.29, 0.717) is 22.9 Å². The van der Waals surface area contributed by atoms with Gasteiger partial charge in [0.05, 0.1) is 18.8 Å². The molecule has 0 aliphatic heterocycles. The lowest BCUT2D eigenvalue weighted by molar-refractivity contribution is -0.120. The van der Waals surface area contributed by atoms with Crippen LogP contribution in [-0.4, -0.2) is 23.3 Å². The Morgan fingerprint density at radius 1 is 1.20 bits per heavy atom. The highest BCUT2D eigenvalue weighted by Gasteiger charge is 2.07. The number of anilines is 1. The standard InChI is InChI=1S/C13H14N4O2S/c14-13-17-10(8-20-13)6-15-11(18)7-16-12(19)9-4-2-1-3-5-9/h1-5,8H,6-7H2,(H2,14,17)(H,15,18)(H,16,19). The predicted octanol–water partition coefficient (Wildman–Crippen LogP) is 0.772. The molecule has 0 aliphatic carbocycles. The largest absolute Gasteiger partial charge is 0.375 e. The van der Waals surface area contributed by atoms with E-state index in [1.54, 1.807) is 29.6 Å². The number of carbonyl (C=O) groups excluding carboxylic acids is 2. The van der Waals surface area contributed by atoms with Crippen LogP contribution in [0.25, 0.3) is 0 Å². The lowest BCUT2D eigenvalue weighted by Gasteiger charge is -2.05. The summed E-state index contributed by atoms with van der Waals surface area (Å²) in [5.74, 6) is -0.556. The molecule has 0 radical (unpaired) electrons. The van der Waals surface area contributed by atoms with Crippen LogP contribution in [0.1, 0.15) is 16.1 Å². The number of nitrogens with one attached hydrogen (secondary N) is 2.